The Bertz CT molecular complexity index is 375. The fourth-order valence-corrected chi connectivity index (χ4v) is 1.55. The Labute approximate surface area is 101 Å². The standard InChI is InChI=1S/C10H12F4N2S/c1-6(17-2)7-3-4-8(16-5-7)9(11,12)10(13,14)15/h3-6H,15H2,1-2H3. The van der Waals surface area contributed by atoms with Crippen molar-refractivity contribution in [2.24, 2.45) is 5.73 Å². The van der Waals surface area contributed by atoms with E-state index in [1.807, 2.05) is 13.2 Å². The predicted octanol–water partition coefficient (Wildman–Crippen LogP) is 3.15. The summed E-state index contributed by atoms with van der Waals surface area (Å²) in [5.74, 6) is -4.46. The number of thioether (sulfide) groups is 1. The van der Waals surface area contributed by atoms with Crippen molar-refractivity contribution in [1.29, 1.82) is 0 Å². The summed E-state index contributed by atoms with van der Waals surface area (Å²) < 4.78 is 51.3. The third kappa shape index (κ3) is 2.90. The SMILES string of the molecule is CSC(C)c1ccc(C(F)(F)C(N)(F)F)nc1. The minimum absolute atomic E-state index is 0.0589. The third-order valence-corrected chi connectivity index (χ3v) is 3.33. The van der Waals surface area contributed by atoms with Crippen LogP contribution in [0.4, 0.5) is 17.6 Å². The Morgan fingerprint density at radius 1 is 1.29 bits per heavy atom. The van der Waals surface area contributed by atoms with Gasteiger partial charge < -0.3 is 0 Å². The Hall–Kier alpha value is -0.820. The van der Waals surface area contributed by atoms with E-state index in [9.17, 15) is 17.6 Å². The Morgan fingerprint density at radius 2 is 1.88 bits per heavy atom. The summed E-state index contributed by atoms with van der Waals surface area (Å²) in [7, 11) is 0. The van der Waals surface area contributed by atoms with E-state index >= 15 is 0 Å². The first-order valence-electron chi connectivity index (χ1n) is 4.74. The highest BCUT2D eigenvalue weighted by Gasteiger charge is 2.55. The third-order valence-electron chi connectivity index (χ3n) is 2.35. The van der Waals surface area contributed by atoms with E-state index in [0.717, 1.165) is 12.3 Å². The first-order chi connectivity index (χ1) is 7.70. The number of nitrogens with zero attached hydrogens (tertiary/aromatic N) is 1. The van der Waals surface area contributed by atoms with Gasteiger partial charge in [-0.15, -0.1) is 0 Å². The molecular formula is C10H12F4N2S. The lowest BCUT2D eigenvalue weighted by Gasteiger charge is -2.22. The molecule has 0 aromatic carbocycles. The van der Waals surface area contributed by atoms with Gasteiger partial charge >= 0.3 is 12.0 Å². The quantitative estimate of drug-likeness (QED) is 0.673. The van der Waals surface area contributed by atoms with Gasteiger partial charge in [-0.05, 0) is 24.8 Å². The van der Waals surface area contributed by atoms with Gasteiger partial charge in [0, 0.05) is 11.4 Å². The first kappa shape index (κ1) is 14.2. The number of nitrogens with two attached hydrogens (primary N) is 1. The van der Waals surface area contributed by atoms with Crippen LogP contribution < -0.4 is 5.73 Å². The molecule has 0 bridgehead atoms. The molecule has 2 nitrogen and oxygen atoms in total. The van der Waals surface area contributed by atoms with Crippen molar-refractivity contribution in [1.82, 2.24) is 4.98 Å². The summed E-state index contributed by atoms with van der Waals surface area (Å²) in [6.07, 6.45) is 3.01. The van der Waals surface area contributed by atoms with Crippen LogP contribution in [0.5, 0.6) is 0 Å². The summed E-state index contributed by atoms with van der Waals surface area (Å²) in [4.78, 5) is 3.36. The molecule has 0 radical (unpaired) electrons. The average Bonchev–Trinajstić information content (AvgIpc) is 2.26. The van der Waals surface area contributed by atoms with E-state index in [1.54, 1.807) is 0 Å². The maximum Gasteiger partial charge on any atom is 0.368 e. The highest BCUT2D eigenvalue weighted by atomic mass is 32.2. The van der Waals surface area contributed by atoms with Gasteiger partial charge in [-0.2, -0.15) is 29.3 Å². The lowest BCUT2D eigenvalue weighted by atomic mass is 10.1. The number of halogens is 4. The second-order valence-corrected chi connectivity index (χ2v) is 4.73. The van der Waals surface area contributed by atoms with Gasteiger partial charge in [0.25, 0.3) is 0 Å². The molecule has 2 N–H and O–H groups in total. The van der Waals surface area contributed by atoms with Gasteiger partial charge in [-0.25, -0.2) is 0 Å². The molecule has 0 amide bonds. The lowest BCUT2D eigenvalue weighted by molar-refractivity contribution is -0.214. The molecule has 0 aliphatic heterocycles. The molecule has 0 spiro atoms. The van der Waals surface area contributed by atoms with Gasteiger partial charge in [-0.3, -0.25) is 10.7 Å². The Balaban J connectivity index is 3.03. The second kappa shape index (κ2) is 4.81. The predicted molar refractivity (Wildman–Crippen MR) is 59.2 cm³/mol. The fourth-order valence-electron chi connectivity index (χ4n) is 1.14. The second-order valence-electron chi connectivity index (χ2n) is 3.55. The maximum atomic E-state index is 13.1. The van der Waals surface area contributed by atoms with Crippen LogP contribution in [0.1, 0.15) is 23.4 Å². The monoisotopic (exact) mass is 268 g/mol. The van der Waals surface area contributed by atoms with Crippen molar-refractivity contribution in [2.45, 2.75) is 24.1 Å². The molecule has 0 saturated heterocycles. The first-order valence-corrected chi connectivity index (χ1v) is 6.02. The van der Waals surface area contributed by atoms with E-state index in [4.69, 9.17) is 0 Å². The minimum Gasteiger partial charge on any atom is -0.266 e. The zero-order valence-electron chi connectivity index (χ0n) is 9.25. The zero-order valence-corrected chi connectivity index (χ0v) is 10.1. The van der Waals surface area contributed by atoms with Crippen LogP contribution >= 0.6 is 11.8 Å². The summed E-state index contributed by atoms with van der Waals surface area (Å²) in [5, 5.41) is 0.0589. The molecule has 1 atom stereocenters. The smallest absolute Gasteiger partial charge is 0.266 e. The van der Waals surface area contributed by atoms with E-state index < -0.39 is 17.7 Å². The molecule has 7 heteroatoms. The highest BCUT2D eigenvalue weighted by molar-refractivity contribution is 7.98. The van der Waals surface area contributed by atoms with E-state index in [-0.39, 0.29) is 5.25 Å². The largest absolute Gasteiger partial charge is 0.368 e. The van der Waals surface area contributed by atoms with Gasteiger partial charge in [0.2, 0.25) is 0 Å². The van der Waals surface area contributed by atoms with Crippen LogP contribution in [0.2, 0.25) is 0 Å². The molecular weight excluding hydrogens is 256 g/mol. The summed E-state index contributed by atoms with van der Waals surface area (Å²) >= 11 is 1.50. The number of hydrogen-bond acceptors (Lipinski definition) is 3. The van der Waals surface area contributed by atoms with Crippen molar-refractivity contribution in [3.63, 3.8) is 0 Å². The summed E-state index contributed by atoms with van der Waals surface area (Å²) in [5.41, 5.74) is 3.81. The van der Waals surface area contributed by atoms with Gasteiger partial charge in [0.15, 0.2) is 0 Å². The number of rotatable bonds is 4. The number of hydrogen-bond donors (Lipinski definition) is 1. The zero-order chi connectivity index (χ0) is 13.3. The van der Waals surface area contributed by atoms with Crippen LogP contribution in [-0.4, -0.2) is 17.3 Å². The molecule has 1 aromatic heterocycles. The molecule has 1 aromatic rings. The molecule has 0 fully saturated rings. The van der Waals surface area contributed by atoms with Crippen molar-refractivity contribution >= 4 is 11.8 Å². The Morgan fingerprint density at radius 3 is 2.24 bits per heavy atom. The van der Waals surface area contributed by atoms with E-state index in [0.29, 0.717) is 5.56 Å². The van der Waals surface area contributed by atoms with Gasteiger partial charge in [-0.1, -0.05) is 6.07 Å². The van der Waals surface area contributed by atoms with Crippen LogP contribution in [-0.2, 0) is 5.92 Å². The van der Waals surface area contributed by atoms with Crippen molar-refractivity contribution < 1.29 is 17.6 Å². The normalized spacial score (nSPS) is 14.8. The topological polar surface area (TPSA) is 38.9 Å². The molecule has 17 heavy (non-hydrogen) atoms. The summed E-state index contributed by atoms with van der Waals surface area (Å²) in [6.45, 7) is 1.86. The number of pyridine rings is 1. The number of aromatic nitrogens is 1. The van der Waals surface area contributed by atoms with Gasteiger partial charge in [0.1, 0.15) is 5.69 Å². The van der Waals surface area contributed by atoms with E-state index in [1.165, 1.54) is 17.8 Å². The molecule has 96 valence electrons. The molecule has 1 heterocycles. The van der Waals surface area contributed by atoms with E-state index in [2.05, 4.69) is 10.7 Å². The van der Waals surface area contributed by atoms with Crippen LogP contribution in [0.15, 0.2) is 18.3 Å². The molecule has 0 aliphatic carbocycles. The van der Waals surface area contributed by atoms with Crippen LogP contribution in [0.25, 0.3) is 0 Å². The Kier molecular flexibility index (Phi) is 4.03. The maximum absolute atomic E-state index is 13.1. The average molecular weight is 268 g/mol. The molecule has 1 unspecified atom stereocenters. The minimum atomic E-state index is -4.62. The van der Waals surface area contributed by atoms with Crippen molar-refractivity contribution in [2.75, 3.05) is 6.26 Å². The van der Waals surface area contributed by atoms with Crippen LogP contribution in [0.3, 0.4) is 0 Å². The molecule has 1 rings (SSSR count). The van der Waals surface area contributed by atoms with Crippen LogP contribution in [0, 0.1) is 0 Å². The lowest BCUT2D eigenvalue weighted by Crippen LogP contribution is -2.46. The summed E-state index contributed by atoms with van der Waals surface area (Å²) in [6, 6.07) is -2.39. The van der Waals surface area contributed by atoms with Crippen molar-refractivity contribution in [3.05, 3.63) is 29.6 Å². The fraction of sp³-hybridized carbons (Fsp3) is 0.500. The molecule has 0 aliphatic rings. The molecule has 0 saturated carbocycles. The van der Waals surface area contributed by atoms with Crippen molar-refractivity contribution in [3.8, 4) is 0 Å². The van der Waals surface area contributed by atoms with Gasteiger partial charge in [0.05, 0.1) is 0 Å². The highest BCUT2D eigenvalue weighted by Crippen LogP contribution is 2.38. The number of alkyl halides is 4.